The van der Waals surface area contributed by atoms with Crippen LogP contribution in [0.5, 0.6) is 0 Å². The fourth-order valence-electron chi connectivity index (χ4n) is 5.83. The van der Waals surface area contributed by atoms with Crippen LogP contribution in [0.1, 0.15) is 59.9 Å². The van der Waals surface area contributed by atoms with Gasteiger partial charge in [0.15, 0.2) is 9.84 Å². The Balaban J connectivity index is 1.39. The molecule has 2 heterocycles. The molecule has 5 rings (SSSR count). The summed E-state index contributed by atoms with van der Waals surface area (Å²) in [7, 11) is -3.40. The maximum atomic E-state index is 14.0. The normalized spacial score (nSPS) is 20.1. The Morgan fingerprint density at radius 2 is 1.62 bits per heavy atom. The molecule has 0 saturated heterocycles. The van der Waals surface area contributed by atoms with Gasteiger partial charge in [-0.25, -0.2) is 18.2 Å². The zero-order valence-corrected chi connectivity index (χ0v) is 24.1. The lowest BCUT2D eigenvalue weighted by Gasteiger charge is -2.33. The number of benzene rings is 2. The molecule has 2 aromatic carbocycles. The van der Waals surface area contributed by atoms with E-state index in [2.05, 4.69) is 0 Å². The summed E-state index contributed by atoms with van der Waals surface area (Å²) in [6.45, 7) is 1.98. The summed E-state index contributed by atoms with van der Waals surface area (Å²) < 4.78 is 70.1. The van der Waals surface area contributed by atoms with E-state index in [4.69, 9.17) is 9.72 Å². The summed E-state index contributed by atoms with van der Waals surface area (Å²) >= 11 is 0. The molecular formula is C30H32F3N3O5S. The smallest absolute Gasteiger partial charge is 0.410 e. The van der Waals surface area contributed by atoms with Gasteiger partial charge in [0.05, 0.1) is 29.1 Å². The van der Waals surface area contributed by atoms with Gasteiger partial charge in [0.25, 0.3) is 5.56 Å². The Morgan fingerprint density at radius 3 is 2.21 bits per heavy atom. The third-order valence-corrected chi connectivity index (χ3v) is 9.23. The van der Waals surface area contributed by atoms with Crippen LogP contribution in [-0.2, 0) is 27.5 Å². The lowest BCUT2D eigenvalue weighted by molar-refractivity contribution is -0.186. The van der Waals surface area contributed by atoms with E-state index in [0.717, 1.165) is 11.8 Å². The van der Waals surface area contributed by atoms with Gasteiger partial charge in [-0.3, -0.25) is 9.36 Å². The second kappa shape index (κ2) is 11.5. The van der Waals surface area contributed by atoms with E-state index in [1.807, 2.05) is 30.3 Å². The largest absolute Gasteiger partial charge is 0.446 e. The second-order valence-electron chi connectivity index (χ2n) is 11.0. The lowest BCUT2D eigenvalue weighted by atomic mass is 9.87. The van der Waals surface area contributed by atoms with Crippen molar-refractivity contribution in [3.8, 4) is 0 Å². The molecule has 1 aliphatic heterocycles. The molecule has 0 radical (unpaired) electrons. The fraction of sp³-hybridized carbons (Fsp3) is 0.433. The number of carbonyl (C=O) groups is 1. The molecule has 2 aliphatic rings. The van der Waals surface area contributed by atoms with Gasteiger partial charge in [0, 0.05) is 18.4 Å². The summed E-state index contributed by atoms with van der Waals surface area (Å²) in [5.74, 6) is -0.943. The van der Waals surface area contributed by atoms with Gasteiger partial charge in [0.2, 0.25) is 0 Å². The van der Waals surface area contributed by atoms with Crippen molar-refractivity contribution >= 4 is 15.9 Å². The number of fused-ring (bicyclic) bond motifs is 1. The summed E-state index contributed by atoms with van der Waals surface area (Å²) in [6.07, 6.45) is -3.85. The number of aromatic nitrogens is 2. The zero-order chi connectivity index (χ0) is 30.2. The van der Waals surface area contributed by atoms with Crippen molar-refractivity contribution in [2.24, 2.45) is 5.92 Å². The monoisotopic (exact) mass is 603 g/mol. The number of alkyl halides is 3. The summed E-state index contributed by atoms with van der Waals surface area (Å²) in [6, 6.07) is 15.2. The van der Waals surface area contributed by atoms with Crippen LogP contribution >= 0.6 is 0 Å². The lowest BCUT2D eigenvalue weighted by Crippen LogP contribution is -2.43. The Morgan fingerprint density at radius 1 is 1.00 bits per heavy atom. The predicted octanol–water partition coefficient (Wildman–Crippen LogP) is 5.21. The number of hydrogen-bond donors (Lipinski definition) is 0. The maximum absolute atomic E-state index is 14.0. The van der Waals surface area contributed by atoms with Gasteiger partial charge >= 0.3 is 12.3 Å². The highest BCUT2D eigenvalue weighted by molar-refractivity contribution is 7.90. The first-order valence-corrected chi connectivity index (χ1v) is 15.7. The molecule has 1 atom stereocenters. The number of aryl methyl sites for hydroxylation is 1. The summed E-state index contributed by atoms with van der Waals surface area (Å²) in [5, 5.41) is 0. The van der Waals surface area contributed by atoms with Crippen molar-refractivity contribution in [3.05, 3.63) is 93.2 Å². The van der Waals surface area contributed by atoms with Crippen LogP contribution < -0.4 is 5.56 Å². The first-order valence-electron chi connectivity index (χ1n) is 13.8. The molecule has 0 bridgehead atoms. The minimum absolute atomic E-state index is 0.0576. The highest BCUT2D eigenvalue weighted by atomic mass is 32.2. The van der Waals surface area contributed by atoms with E-state index >= 15 is 0 Å². The average Bonchev–Trinajstić information content (AvgIpc) is 2.95. The van der Waals surface area contributed by atoms with E-state index in [0.29, 0.717) is 22.6 Å². The molecule has 224 valence electrons. The van der Waals surface area contributed by atoms with Gasteiger partial charge in [-0.15, -0.1) is 0 Å². The number of hydrogen-bond acceptors (Lipinski definition) is 6. The number of ether oxygens (including phenoxy) is 1. The standard InChI is InChI=1S/C30H32F3N3O5S/c1-19-34-26-18-35(29(38)41-23-12-10-22(11-13-23)30(31,32)33)17-16-25(26)28(37)36(19)27(20-6-4-3-5-7-20)21-8-14-24(15-9-21)42(2,39)40/h3-9,14-15,22-23,27H,10-13,16-18H2,1-2H3/t22-,23+,27?. The first kappa shape index (κ1) is 29.8. The van der Waals surface area contributed by atoms with Crippen molar-refractivity contribution < 1.29 is 31.1 Å². The van der Waals surface area contributed by atoms with E-state index in [-0.39, 0.29) is 55.6 Å². The van der Waals surface area contributed by atoms with E-state index < -0.39 is 40.2 Å². The van der Waals surface area contributed by atoms with Gasteiger partial charge in [-0.05, 0) is 62.3 Å². The van der Waals surface area contributed by atoms with Crippen molar-refractivity contribution in [2.75, 3.05) is 12.8 Å². The highest BCUT2D eigenvalue weighted by Crippen LogP contribution is 2.38. The van der Waals surface area contributed by atoms with Gasteiger partial charge in [-0.1, -0.05) is 42.5 Å². The number of rotatable bonds is 5. The van der Waals surface area contributed by atoms with Crippen molar-refractivity contribution in [1.29, 1.82) is 0 Å². The maximum Gasteiger partial charge on any atom is 0.410 e. The second-order valence-corrected chi connectivity index (χ2v) is 13.0. The summed E-state index contributed by atoms with van der Waals surface area (Å²) in [4.78, 5) is 33.2. The Hall–Kier alpha value is -3.67. The van der Waals surface area contributed by atoms with Crippen LogP contribution in [-0.4, -0.2) is 54.0 Å². The topological polar surface area (TPSA) is 98.6 Å². The van der Waals surface area contributed by atoms with Crippen molar-refractivity contribution in [2.45, 2.75) is 68.8 Å². The Kier molecular flexibility index (Phi) is 8.19. The van der Waals surface area contributed by atoms with Crippen molar-refractivity contribution in [3.63, 3.8) is 0 Å². The Labute approximate surface area is 242 Å². The minimum atomic E-state index is -4.24. The molecule has 42 heavy (non-hydrogen) atoms. The average molecular weight is 604 g/mol. The van der Waals surface area contributed by atoms with E-state index in [1.165, 1.54) is 17.0 Å². The van der Waals surface area contributed by atoms with Crippen LogP contribution in [0.2, 0.25) is 0 Å². The molecule has 1 aliphatic carbocycles. The van der Waals surface area contributed by atoms with E-state index in [1.54, 1.807) is 23.6 Å². The fourth-order valence-corrected chi connectivity index (χ4v) is 6.46. The quantitative estimate of drug-likeness (QED) is 0.397. The molecule has 0 N–H and O–H groups in total. The molecule has 1 unspecified atom stereocenters. The van der Waals surface area contributed by atoms with Crippen LogP contribution in [0, 0.1) is 12.8 Å². The van der Waals surface area contributed by atoms with E-state index in [9.17, 15) is 31.2 Å². The number of carbonyl (C=O) groups excluding carboxylic acids is 1. The SMILES string of the molecule is Cc1nc2c(c(=O)n1C(c1ccccc1)c1ccc(S(C)(=O)=O)cc1)CCN(C(=O)O[C@H]1CC[C@@H](C(F)(F)F)CC1)C2. The number of nitrogens with zero attached hydrogens (tertiary/aromatic N) is 3. The molecule has 1 saturated carbocycles. The van der Waals surface area contributed by atoms with Gasteiger partial charge < -0.3 is 9.64 Å². The van der Waals surface area contributed by atoms with Gasteiger partial charge in [-0.2, -0.15) is 13.2 Å². The number of amides is 1. The predicted molar refractivity (Wildman–Crippen MR) is 149 cm³/mol. The zero-order valence-electron chi connectivity index (χ0n) is 23.3. The molecule has 12 heteroatoms. The van der Waals surface area contributed by atoms with Gasteiger partial charge in [0.1, 0.15) is 11.9 Å². The number of halogens is 3. The Bertz CT molecular complexity index is 1610. The van der Waals surface area contributed by atoms with Crippen LogP contribution in [0.4, 0.5) is 18.0 Å². The van der Waals surface area contributed by atoms with Crippen molar-refractivity contribution in [1.82, 2.24) is 14.5 Å². The number of sulfone groups is 1. The molecule has 3 aromatic rings. The van der Waals surface area contributed by atoms with Crippen LogP contribution in [0.25, 0.3) is 0 Å². The molecule has 0 spiro atoms. The first-order chi connectivity index (χ1) is 19.8. The third kappa shape index (κ3) is 6.23. The highest BCUT2D eigenvalue weighted by Gasteiger charge is 2.42. The van der Waals surface area contributed by atoms with Crippen LogP contribution in [0.15, 0.2) is 64.3 Å². The van der Waals surface area contributed by atoms with Crippen LogP contribution in [0.3, 0.4) is 0 Å². The molecule has 8 nitrogen and oxygen atoms in total. The minimum Gasteiger partial charge on any atom is -0.446 e. The molecule has 1 amide bonds. The third-order valence-electron chi connectivity index (χ3n) is 8.10. The molecule has 1 aromatic heterocycles. The summed E-state index contributed by atoms with van der Waals surface area (Å²) in [5.41, 5.74) is 2.21. The molecule has 1 fully saturated rings. The molecular weight excluding hydrogens is 571 g/mol.